The van der Waals surface area contributed by atoms with Gasteiger partial charge in [0.15, 0.2) is 0 Å². The van der Waals surface area contributed by atoms with E-state index < -0.39 is 6.03 Å². The number of rotatable bonds is 5. The highest BCUT2D eigenvalue weighted by Gasteiger charge is 2.16. The molecule has 9 heteroatoms. The molecule has 3 aromatic rings. The summed E-state index contributed by atoms with van der Waals surface area (Å²) in [6, 6.07) is 12.4. The number of carbonyl (C=O) groups is 1. The van der Waals surface area contributed by atoms with Gasteiger partial charge in [0.2, 0.25) is 5.95 Å². The van der Waals surface area contributed by atoms with Crippen molar-refractivity contribution in [3.8, 4) is 0 Å². The van der Waals surface area contributed by atoms with Crippen LogP contribution in [0.3, 0.4) is 0 Å². The number of amides is 2. The van der Waals surface area contributed by atoms with Crippen molar-refractivity contribution in [2.45, 2.75) is 6.54 Å². The minimum atomic E-state index is -0.397. The number of para-hydroxylation sites is 2. The summed E-state index contributed by atoms with van der Waals surface area (Å²) in [6.45, 7) is 4.89. The average molecular weight is 434 g/mol. The quantitative estimate of drug-likeness (QED) is 0.628. The number of urea groups is 1. The molecular weight excluding hydrogens is 413 g/mol. The SMILES string of the molecule is O=C(Nc1ccc(Cl)c(Cl)c1)Nc1nc2ccccc2n1CCN1CCOCC1. The molecule has 2 heterocycles. The topological polar surface area (TPSA) is 71.4 Å². The molecule has 0 radical (unpaired) electrons. The van der Waals surface area contributed by atoms with Crippen LogP contribution in [-0.4, -0.2) is 53.3 Å². The van der Waals surface area contributed by atoms with Crippen molar-refractivity contribution >= 4 is 51.9 Å². The summed E-state index contributed by atoms with van der Waals surface area (Å²) >= 11 is 11.9. The van der Waals surface area contributed by atoms with Crippen LogP contribution in [0.15, 0.2) is 42.5 Å². The molecule has 1 saturated heterocycles. The van der Waals surface area contributed by atoms with Crippen LogP contribution in [0, 0.1) is 0 Å². The van der Waals surface area contributed by atoms with E-state index in [0.717, 1.165) is 43.9 Å². The molecule has 0 aliphatic carbocycles. The number of imidazole rings is 1. The molecule has 7 nitrogen and oxygen atoms in total. The van der Waals surface area contributed by atoms with Crippen LogP contribution in [0.2, 0.25) is 10.0 Å². The first-order chi connectivity index (χ1) is 14.1. The van der Waals surface area contributed by atoms with Gasteiger partial charge in [0.05, 0.1) is 34.3 Å². The molecule has 2 N–H and O–H groups in total. The van der Waals surface area contributed by atoms with Crippen LogP contribution >= 0.6 is 23.2 Å². The third-order valence-corrected chi connectivity index (χ3v) is 5.54. The molecule has 29 heavy (non-hydrogen) atoms. The van der Waals surface area contributed by atoms with Gasteiger partial charge in [-0.15, -0.1) is 0 Å². The first-order valence-corrected chi connectivity index (χ1v) is 10.1. The number of benzene rings is 2. The van der Waals surface area contributed by atoms with Crippen molar-refractivity contribution in [1.82, 2.24) is 14.5 Å². The van der Waals surface area contributed by atoms with E-state index in [0.29, 0.717) is 28.2 Å². The summed E-state index contributed by atoms with van der Waals surface area (Å²) < 4.78 is 7.44. The molecule has 152 valence electrons. The number of fused-ring (bicyclic) bond motifs is 1. The fourth-order valence-corrected chi connectivity index (χ4v) is 3.60. The molecule has 1 aliphatic heterocycles. The zero-order valence-corrected chi connectivity index (χ0v) is 17.2. The number of anilines is 2. The van der Waals surface area contributed by atoms with Gasteiger partial charge >= 0.3 is 6.03 Å². The Labute approximate surface area is 178 Å². The Kier molecular flexibility index (Phi) is 6.20. The predicted octanol–water partition coefficient (Wildman–Crippen LogP) is 4.32. The van der Waals surface area contributed by atoms with Crippen LogP contribution < -0.4 is 10.6 Å². The van der Waals surface area contributed by atoms with Crippen molar-refractivity contribution in [3.63, 3.8) is 0 Å². The van der Waals surface area contributed by atoms with Crippen LogP contribution in [0.1, 0.15) is 0 Å². The Morgan fingerprint density at radius 3 is 2.62 bits per heavy atom. The zero-order valence-electron chi connectivity index (χ0n) is 15.7. The average Bonchev–Trinajstić information content (AvgIpc) is 3.07. The minimum absolute atomic E-state index is 0.377. The number of hydrogen-bond donors (Lipinski definition) is 2. The van der Waals surface area contributed by atoms with E-state index in [1.807, 2.05) is 28.8 Å². The molecule has 1 fully saturated rings. The second-order valence-corrected chi connectivity index (χ2v) is 7.55. The first-order valence-electron chi connectivity index (χ1n) is 9.38. The molecular formula is C20H21Cl2N5O2. The lowest BCUT2D eigenvalue weighted by Crippen LogP contribution is -2.38. The van der Waals surface area contributed by atoms with E-state index in [-0.39, 0.29) is 0 Å². The maximum atomic E-state index is 12.5. The Hall–Kier alpha value is -2.32. The van der Waals surface area contributed by atoms with E-state index in [1.165, 1.54) is 0 Å². The molecule has 0 unspecified atom stereocenters. The van der Waals surface area contributed by atoms with E-state index in [9.17, 15) is 4.79 Å². The van der Waals surface area contributed by atoms with Crippen molar-refractivity contribution in [2.24, 2.45) is 0 Å². The normalized spacial score (nSPS) is 14.8. The third-order valence-electron chi connectivity index (χ3n) is 4.80. The van der Waals surface area contributed by atoms with Crippen LogP contribution in [-0.2, 0) is 11.3 Å². The maximum Gasteiger partial charge on any atom is 0.326 e. The molecule has 4 rings (SSSR count). The molecule has 0 spiro atoms. The number of halogens is 2. The monoisotopic (exact) mass is 433 g/mol. The van der Waals surface area contributed by atoms with E-state index in [4.69, 9.17) is 27.9 Å². The van der Waals surface area contributed by atoms with Crippen molar-refractivity contribution in [3.05, 3.63) is 52.5 Å². The largest absolute Gasteiger partial charge is 0.379 e. The number of hydrogen-bond acceptors (Lipinski definition) is 4. The lowest BCUT2D eigenvalue weighted by atomic mass is 10.3. The maximum absolute atomic E-state index is 12.5. The molecule has 0 bridgehead atoms. The number of nitrogens with one attached hydrogen (secondary N) is 2. The summed E-state index contributed by atoms with van der Waals surface area (Å²) in [5.74, 6) is 0.497. The van der Waals surface area contributed by atoms with Gasteiger partial charge in [-0.1, -0.05) is 35.3 Å². The van der Waals surface area contributed by atoms with E-state index in [2.05, 4.69) is 20.5 Å². The number of ether oxygens (including phenoxy) is 1. The zero-order chi connectivity index (χ0) is 20.2. The number of nitrogens with zero attached hydrogens (tertiary/aromatic N) is 3. The van der Waals surface area contributed by atoms with Gasteiger partial charge < -0.3 is 14.6 Å². The van der Waals surface area contributed by atoms with Gasteiger partial charge in [0.1, 0.15) is 0 Å². The highest BCUT2D eigenvalue weighted by atomic mass is 35.5. The van der Waals surface area contributed by atoms with Gasteiger partial charge in [-0.2, -0.15) is 0 Å². The van der Waals surface area contributed by atoms with Crippen molar-refractivity contribution < 1.29 is 9.53 Å². The predicted molar refractivity (Wildman–Crippen MR) is 116 cm³/mol. The summed E-state index contributed by atoms with van der Waals surface area (Å²) in [5, 5.41) is 6.42. The summed E-state index contributed by atoms with van der Waals surface area (Å²) in [7, 11) is 0. The van der Waals surface area contributed by atoms with Gasteiger partial charge in [-0.3, -0.25) is 10.2 Å². The lowest BCUT2D eigenvalue weighted by molar-refractivity contribution is 0.0366. The van der Waals surface area contributed by atoms with Gasteiger partial charge in [-0.25, -0.2) is 9.78 Å². The summed E-state index contributed by atoms with van der Waals surface area (Å²) in [6.07, 6.45) is 0. The fraction of sp³-hybridized carbons (Fsp3) is 0.300. The molecule has 1 aromatic heterocycles. The van der Waals surface area contributed by atoms with Crippen molar-refractivity contribution in [1.29, 1.82) is 0 Å². The third kappa shape index (κ3) is 4.82. The first kappa shape index (κ1) is 20.0. The van der Waals surface area contributed by atoms with Gasteiger partial charge in [0.25, 0.3) is 0 Å². The van der Waals surface area contributed by atoms with Crippen LogP contribution in [0.4, 0.5) is 16.4 Å². The minimum Gasteiger partial charge on any atom is -0.379 e. The fourth-order valence-electron chi connectivity index (χ4n) is 3.30. The van der Waals surface area contributed by atoms with Gasteiger partial charge in [-0.05, 0) is 30.3 Å². The Morgan fingerprint density at radius 1 is 1.03 bits per heavy atom. The molecule has 0 saturated carbocycles. The summed E-state index contributed by atoms with van der Waals surface area (Å²) in [4.78, 5) is 19.5. The van der Waals surface area contributed by atoms with Crippen molar-refractivity contribution in [2.75, 3.05) is 43.5 Å². The standard InChI is InChI=1S/C20H21Cl2N5O2/c21-15-6-5-14(13-16(15)22)23-20(28)25-19-24-17-3-1-2-4-18(17)27(19)8-7-26-9-11-29-12-10-26/h1-6,13H,7-12H2,(H2,23,24,25,28). The Morgan fingerprint density at radius 2 is 1.83 bits per heavy atom. The number of morpholine rings is 1. The number of aromatic nitrogens is 2. The van der Waals surface area contributed by atoms with E-state index >= 15 is 0 Å². The highest BCUT2D eigenvalue weighted by Crippen LogP contribution is 2.25. The molecule has 2 aromatic carbocycles. The van der Waals surface area contributed by atoms with Crippen LogP contribution in [0.25, 0.3) is 11.0 Å². The second kappa shape index (κ2) is 9.00. The smallest absolute Gasteiger partial charge is 0.326 e. The molecule has 1 aliphatic rings. The van der Waals surface area contributed by atoms with Crippen LogP contribution in [0.5, 0.6) is 0 Å². The van der Waals surface area contributed by atoms with E-state index in [1.54, 1.807) is 18.2 Å². The Balaban J connectivity index is 1.50. The Bertz CT molecular complexity index is 1020. The number of carbonyl (C=O) groups excluding carboxylic acids is 1. The second-order valence-electron chi connectivity index (χ2n) is 6.74. The molecule has 0 atom stereocenters. The molecule has 2 amide bonds. The lowest BCUT2D eigenvalue weighted by Gasteiger charge is -2.26. The highest BCUT2D eigenvalue weighted by molar-refractivity contribution is 6.42. The van der Waals surface area contributed by atoms with Gasteiger partial charge in [0, 0.05) is 31.9 Å². The summed E-state index contributed by atoms with van der Waals surface area (Å²) in [5.41, 5.74) is 2.36.